The second kappa shape index (κ2) is 8.74. The molecule has 3 rings (SSSR count). The van der Waals surface area contributed by atoms with E-state index in [0.29, 0.717) is 15.7 Å². The maximum absolute atomic E-state index is 12.2. The van der Waals surface area contributed by atoms with Crippen LogP contribution in [0.1, 0.15) is 18.1 Å². The molecule has 138 valence electrons. The molecular formula is C20H17Cl2N3OS. The number of hydrogen-bond acceptors (Lipinski definition) is 4. The molecule has 1 N–H and O–H groups in total. The molecule has 3 aromatic rings. The number of pyridine rings is 1. The van der Waals surface area contributed by atoms with Gasteiger partial charge in [-0.1, -0.05) is 34.8 Å². The highest BCUT2D eigenvalue weighted by molar-refractivity contribution is 8.00. The average Bonchev–Trinajstić information content (AvgIpc) is 2.64. The summed E-state index contributed by atoms with van der Waals surface area (Å²) in [6.07, 6.45) is 1.51. The SMILES string of the molecule is Cc1ccc2nc(Cl)c(/C=N\NC(=O)[C@H](C)Sc3ccc(Cl)cc3)cc2c1. The molecule has 2 aromatic carbocycles. The lowest BCUT2D eigenvalue weighted by molar-refractivity contribution is -0.120. The summed E-state index contributed by atoms with van der Waals surface area (Å²) in [4.78, 5) is 17.5. The van der Waals surface area contributed by atoms with E-state index in [0.717, 1.165) is 21.4 Å². The molecule has 0 unspecified atom stereocenters. The highest BCUT2D eigenvalue weighted by Gasteiger charge is 2.13. The number of thioether (sulfide) groups is 1. The van der Waals surface area contributed by atoms with Gasteiger partial charge in [0.25, 0.3) is 5.91 Å². The van der Waals surface area contributed by atoms with E-state index in [4.69, 9.17) is 23.2 Å². The van der Waals surface area contributed by atoms with E-state index in [1.807, 2.05) is 50.2 Å². The van der Waals surface area contributed by atoms with Gasteiger partial charge in [-0.3, -0.25) is 4.79 Å². The standard InChI is InChI=1S/C20H17Cl2N3OS/c1-12-3-8-18-14(9-12)10-15(19(22)24-18)11-23-25-20(26)13(2)27-17-6-4-16(21)5-7-17/h3-11,13H,1-2H3,(H,25,26)/b23-11-/t13-/m0/s1. The predicted octanol–water partition coefficient (Wildman–Crippen LogP) is 5.48. The number of benzene rings is 2. The number of amides is 1. The van der Waals surface area contributed by atoms with E-state index in [1.165, 1.54) is 18.0 Å². The number of nitrogens with one attached hydrogen (secondary N) is 1. The minimum Gasteiger partial charge on any atom is -0.272 e. The summed E-state index contributed by atoms with van der Waals surface area (Å²) >= 11 is 13.5. The molecular weight excluding hydrogens is 401 g/mol. The Morgan fingerprint density at radius 1 is 1.19 bits per heavy atom. The molecule has 1 amide bonds. The number of rotatable bonds is 5. The topological polar surface area (TPSA) is 54.4 Å². The van der Waals surface area contributed by atoms with Crippen molar-refractivity contribution in [2.75, 3.05) is 0 Å². The van der Waals surface area contributed by atoms with Gasteiger partial charge >= 0.3 is 0 Å². The first-order valence-electron chi connectivity index (χ1n) is 8.24. The molecule has 0 saturated heterocycles. The highest BCUT2D eigenvalue weighted by atomic mass is 35.5. The van der Waals surface area contributed by atoms with Crippen molar-refractivity contribution in [3.05, 3.63) is 69.8 Å². The molecule has 0 aliphatic rings. The quantitative estimate of drug-likeness (QED) is 0.258. The maximum Gasteiger partial charge on any atom is 0.253 e. The number of halogens is 2. The first kappa shape index (κ1) is 19.7. The van der Waals surface area contributed by atoms with Gasteiger partial charge in [-0.2, -0.15) is 5.10 Å². The van der Waals surface area contributed by atoms with Crippen molar-refractivity contribution in [1.82, 2.24) is 10.4 Å². The third-order valence-electron chi connectivity index (χ3n) is 3.82. The van der Waals surface area contributed by atoms with Crippen LogP contribution in [0.25, 0.3) is 10.9 Å². The van der Waals surface area contributed by atoms with Crippen molar-refractivity contribution >= 4 is 58.0 Å². The van der Waals surface area contributed by atoms with Crippen LogP contribution in [0.15, 0.2) is 58.5 Å². The minimum absolute atomic E-state index is 0.202. The maximum atomic E-state index is 12.2. The van der Waals surface area contributed by atoms with E-state index in [-0.39, 0.29) is 11.2 Å². The molecule has 0 fully saturated rings. The normalized spacial score (nSPS) is 12.4. The van der Waals surface area contributed by atoms with Crippen molar-refractivity contribution in [3.8, 4) is 0 Å². The molecule has 0 bridgehead atoms. The summed E-state index contributed by atoms with van der Waals surface area (Å²) in [5.41, 5.74) is 5.15. The van der Waals surface area contributed by atoms with Crippen LogP contribution in [0.2, 0.25) is 10.2 Å². The van der Waals surface area contributed by atoms with Crippen LogP contribution < -0.4 is 5.43 Å². The van der Waals surface area contributed by atoms with Gasteiger partial charge in [-0.25, -0.2) is 10.4 Å². The fraction of sp³-hybridized carbons (Fsp3) is 0.150. The molecule has 27 heavy (non-hydrogen) atoms. The van der Waals surface area contributed by atoms with E-state index >= 15 is 0 Å². The van der Waals surface area contributed by atoms with Gasteiger partial charge in [0, 0.05) is 20.9 Å². The molecule has 0 radical (unpaired) electrons. The number of carbonyl (C=O) groups excluding carboxylic acids is 1. The molecule has 1 aromatic heterocycles. The molecule has 0 spiro atoms. The van der Waals surface area contributed by atoms with E-state index in [1.54, 1.807) is 12.1 Å². The Bertz CT molecular complexity index is 1010. The lowest BCUT2D eigenvalue weighted by Gasteiger charge is -2.09. The van der Waals surface area contributed by atoms with Crippen LogP contribution in [0.3, 0.4) is 0 Å². The zero-order valence-corrected chi connectivity index (χ0v) is 17.1. The largest absolute Gasteiger partial charge is 0.272 e. The van der Waals surface area contributed by atoms with Crippen molar-refractivity contribution in [2.45, 2.75) is 24.0 Å². The van der Waals surface area contributed by atoms with Gasteiger partial charge in [-0.05, 0) is 56.3 Å². The molecule has 0 aliphatic heterocycles. The van der Waals surface area contributed by atoms with E-state index < -0.39 is 0 Å². The molecule has 0 saturated carbocycles. The predicted molar refractivity (Wildman–Crippen MR) is 114 cm³/mol. The number of nitrogens with zero attached hydrogens (tertiary/aromatic N) is 2. The van der Waals surface area contributed by atoms with Crippen LogP contribution in [-0.4, -0.2) is 22.4 Å². The first-order chi connectivity index (χ1) is 12.9. The zero-order valence-electron chi connectivity index (χ0n) is 14.7. The minimum atomic E-state index is -0.309. The monoisotopic (exact) mass is 417 g/mol. The molecule has 7 heteroatoms. The van der Waals surface area contributed by atoms with Crippen molar-refractivity contribution in [3.63, 3.8) is 0 Å². The van der Waals surface area contributed by atoms with Crippen LogP contribution in [0.5, 0.6) is 0 Å². The fourth-order valence-electron chi connectivity index (χ4n) is 2.41. The zero-order chi connectivity index (χ0) is 19.4. The van der Waals surface area contributed by atoms with Crippen LogP contribution in [0.4, 0.5) is 0 Å². The van der Waals surface area contributed by atoms with E-state index in [2.05, 4.69) is 15.5 Å². The van der Waals surface area contributed by atoms with Crippen LogP contribution >= 0.6 is 35.0 Å². The lowest BCUT2D eigenvalue weighted by Crippen LogP contribution is -2.26. The third-order valence-corrected chi connectivity index (χ3v) is 5.49. The van der Waals surface area contributed by atoms with Crippen molar-refractivity contribution < 1.29 is 4.79 Å². The summed E-state index contributed by atoms with van der Waals surface area (Å²) < 4.78 is 0. The highest BCUT2D eigenvalue weighted by Crippen LogP contribution is 2.25. The van der Waals surface area contributed by atoms with Gasteiger partial charge < -0.3 is 0 Å². The number of hydrazone groups is 1. The Kier molecular flexibility index (Phi) is 6.37. The number of fused-ring (bicyclic) bond motifs is 1. The van der Waals surface area contributed by atoms with Crippen molar-refractivity contribution in [1.29, 1.82) is 0 Å². The number of aryl methyl sites for hydroxylation is 1. The summed E-state index contributed by atoms with van der Waals surface area (Å²) in [6, 6.07) is 15.2. The smallest absolute Gasteiger partial charge is 0.253 e. The van der Waals surface area contributed by atoms with Crippen LogP contribution in [0, 0.1) is 6.92 Å². The fourth-order valence-corrected chi connectivity index (χ4v) is 3.59. The number of hydrogen-bond donors (Lipinski definition) is 1. The van der Waals surface area contributed by atoms with Crippen LogP contribution in [-0.2, 0) is 4.79 Å². The lowest BCUT2D eigenvalue weighted by atomic mass is 10.1. The third kappa shape index (κ3) is 5.22. The first-order valence-corrected chi connectivity index (χ1v) is 9.88. The van der Waals surface area contributed by atoms with E-state index in [9.17, 15) is 4.79 Å². The summed E-state index contributed by atoms with van der Waals surface area (Å²) in [6.45, 7) is 3.83. The Morgan fingerprint density at radius 3 is 2.67 bits per heavy atom. The van der Waals surface area contributed by atoms with Crippen molar-refractivity contribution in [2.24, 2.45) is 5.10 Å². The Hall–Kier alpha value is -2.08. The number of aromatic nitrogens is 1. The average molecular weight is 418 g/mol. The molecule has 1 heterocycles. The Balaban J connectivity index is 1.65. The summed E-state index contributed by atoms with van der Waals surface area (Å²) in [5.74, 6) is -0.202. The summed E-state index contributed by atoms with van der Waals surface area (Å²) in [7, 11) is 0. The Labute approximate surface area is 172 Å². The second-order valence-corrected chi connectivity index (χ2v) is 8.22. The Morgan fingerprint density at radius 2 is 1.93 bits per heavy atom. The van der Waals surface area contributed by atoms with Gasteiger partial charge in [0.15, 0.2) is 0 Å². The van der Waals surface area contributed by atoms with Gasteiger partial charge in [-0.15, -0.1) is 11.8 Å². The van der Waals surface area contributed by atoms with Gasteiger partial charge in [0.1, 0.15) is 5.15 Å². The summed E-state index contributed by atoms with van der Waals surface area (Å²) in [5, 5.41) is 5.69. The molecule has 1 atom stereocenters. The molecule has 4 nitrogen and oxygen atoms in total. The number of carbonyl (C=O) groups is 1. The molecule has 0 aliphatic carbocycles. The van der Waals surface area contributed by atoms with Gasteiger partial charge in [0.05, 0.1) is 17.0 Å². The second-order valence-electron chi connectivity index (χ2n) is 6.01. The van der Waals surface area contributed by atoms with Gasteiger partial charge in [0.2, 0.25) is 0 Å².